The lowest BCUT2D eigenvalue weighted by Gasteiger charge is -2.19. The number of benzene rings is 2. The van der Waals surface area contributed by atoms with Crippen molar-refractivity contribution in [1.29, 1.82) is 0 Å². The molecule has 0 saturated carbocycles. The number of ether oxygens (including phenoxy) is 3. The Bertz CT molecular complexity index is 782. The number of amides is 1. The average molecular weight is 368 g/mol. The number of hydrogen-bond donors (Lipinski definition) is 0. The van der Waals surface area contributed by atoms with E-state index in [2.05, 4.69) is 0 Å². The molecule has 0 bridgehead atoms. The van der Waals surface area contributed by atoms with E-state index in [9.17, 15) is 9.18 Å². The van der Waals surface area contributed by atoms with Crippen molar-refractivity contribution >= 4 is 17.5 Å². The molecule has 0 N–H and O–H groups in total. The minimum absolute atomic E-state index is 0.157. The Morgan fingerprint density at radius 3 is 2.32 bits per heavy atom. The molecular formula is C18H19ClFNO4. The molecule has 0 fully saturated rings. The van der Waals surface area contributed by atoms with Crippen LogP contribution in [0.25, 0.3) is 0 Å². The van der Waals surface area contributed by atoms with Crippen LogP contribution in [0.4, 0.5) is 4.39 Å². The quantitative estimate of drug-likeness (QED) is 0.779. The maximum Gasteiger partial charge on any atom is 0.254 e. The summed E-state index contributed by atoms with van der Waals surface area (Å²) in [5.41, 5.74) is 0.986. The van der Waals surface area contributed by atoms with Crippen LogP contribution in [-0.4, -0.2) is 39.2 Å². The predicted molar refractivity (Wildman–Crippen MR) is 93.3 cm³/mol. The molecule has 0 saturated heterocycles. The van der Waals surface area contributed by atoms with Gasteiger partial charge in [-0.2, -0.15) is 0 Å². The van der Waals surface area contributed by atoms with E-state index in [-0.39, 0.29) is 23.2 Å². The number of hydrogen-bond acceptors (Lipinski definition) is 4. The van der Waals surface area contributed by atoms with Crippen molar-refractivity contribution in [3.63, 3.8) is 0 Å². The lowest BCUT2D eigenvalue weighted by molar-refractivity contribution is 0.0784. The van der Waals surface area contributed by atoms with Gasteiger partial charge in [-0.3, -0.25) is 4.79 Å². The summed E-state index contributed by atoms with van der Waals surface area (Å²) in [5, 5.41) is 0.272. The van der Waals surface area contributed by atoms with Crippen LogP contribution in [0.15, 0.2) is 30.3 Å². The van der Waals surface area contributed by atoms with Crippen molar-refractivity contribution in [2.75, 3.05) is 28.4 Å². The number of carbonyl (C=O) groups excluding carboxylic acids is 1. The molecule has 0 aliphatic carbocycles. The topological polar surface area (TPSA) is 48.0 Å². The Hall–Kier alpha value is -2.47. The molecule has 0 spiro atoms. The standard InChI is InChI=1S/C18H19ClFNO4/c1-21(10-11-5-6-15(23-2)14(20)7-11)18(22)12-8-13(19)17(25-4)16(9-12)24-3/h5-9H,10H2,1-4H3. The van der Waals surface area contributed by atoms with Gasteiger partial charge in [0.15, 0.2) is 23.1 Å². The SMILES string of the molecule is COc1ccc(CN(C)C(=O)c2cc(Cl)c(OC)c(OC)c2)cc1F. The van der Waals surface area contributed by atoms with Gasteiger partial charge in [0.05, 0.1) is 26.4 Å². The lowest BCUT2D eigenvalue weighted by Crippen LogP contribution is -2.26. The van der Waals surface area contributed by atoms with Crippen LogP contribution in [0, 0.1) is 5.82 Å². The van der Waals surface area contributed by atoms with Gasteiger partial charge in [-0.15, -0.1) is 0 Å². The van der Waals surface area contributed by atoms with Crippen LogP contribution in [0.1, 0.15) is 15.9 Å². The van der Waals surface area contributed by atoms with Crippen LogP contribution >= 0.6 is 11.6 Å². The van der Waals surface area contributed by atoms with E-state index in [1.165, 1.54) is 44.4 Å². The third-order valence-electron chi connectivity index (χ3n) is 3.66. The van der Waals surface area contributed by atoms with Crippen LogP contribution in [0.2, 0.25) is 5.02 Å². The maximum atomic E-state index is 13.8. The van der Waals surface area contributed by atoms with E-state index < -0.39 is 5.82 Å². The van der Waals surface area contributed by atoms with Gasteiger partial charge in [-0.05, 0) is 29.8 Å². The fraction of sp³-hybridized carbons (Fsp3) is 0.278. The first-order valence-corrected chi connectivity index (χ1v) is 7.78. The van der Waals surface area contributed by atoms with Crippen LogP contribution in [0.3, 0.4) is 0 Å². The van der Waals surface area contributed by atoms with E-state index in [1.807, 2.05) is 0 Å². The minimum atomic E-state index is -0.477. The number of nitrogens with zero attached hydrogens (tertiary/aromatic N) is 1. The molecule has 0 unspecified atom stereocenters. The molecule has 0 atom stereocenters. The van der Waals surface area contributed by atoms with Gasteiger partial charge in [0.2, 0.25) is 0 Å². The van der Waals surface area contributed by atoms with Crippen molar-refractivity contribution in [2.45, 2.75) is 6.54 Å². The first-order valence-electron chi connectivity index (χ1n) is 7.40. The molecule has 0 aliphatic rings. The van der Waals surface area contributed by atoms with Crippen molar-refractivity contribution < 1.29 is 23.4 Å². The molecule has 0 aromatic heterocycles. The lowest BCUT2D eigenvalue weighted by atomic mass is 10.1. The second-order valence-corrected chi connectivity index (χ2v) is 5.73. The summed E-state index contributed by atoms with van der Waals surface area (Å²) in [6.45, 7) is 0.228. The summed E-state index contributed by atoms with van der Waals surface area (Å²) in [5.74, 6) is 0.126. The molecule has 5 nitrogen and oxygen atoms in total. The highest BCUT2D eigenvalue weighted by atomic mass is 35.5. The molecule has 0 heterocycles. The molecule has 134 valence electrons. The zero-order chi connectivity index (χ0) is 18.6. The van der Waals surface area contributed by atoms with Crippen LogP contribution in [-0.2, 0) is 6.54 Å². The Morgan fingerprint density at radius 1 is 1.08 bits per heavy atom. The van der Waals surface area contributed by atoms with Gasteiger partial charge in [-0.25, -0.2) is 4.39 Å². The fourth-order valence-corrected chi connectivity index (χ4v) is 2.70. The van der Waals surface area contributed by atoms with Gasteiger partial charge in [-0.1, -0.05) is 17.7 Å². The molecule has 0 radical (unpaired) electrons. The van der Waals surface area contributed by atoms with Gasteiger partial charge < -0.3 is 19.1 Å². The molecule has 2 aromatic rings. The van der Waals surface area contributed by atoms with Crippen molar-refractivity contribution in [1.82, 2.24) is 4.90 Å². The smallest absolute Gasteiger partial charge is 0.254 e. The van der Waals surface area contributed by atoms with Crippen molar-refractivity contribution in [2.24, 2.45) is 0 Å². The second kappa shape index (κ2) is 8.07. The first-order chi connectivity index (χ1) is 11.9. The predicted octanol–water partition coefficient (Wildman–Crippen LogP) is 3.78. The van der Waals surface area contributed by atoms with Gasteiger partial charge >= 0.3 is 0 Å². The summed E-state index contributed by atoms with van der Waals surface area (Å²) in [4.78, 5) is 14.1. The Morgan fingerprint density at radius 2 is 1.76 bits per heavy atom. The zero-order valence-electron chi connectivity index (χ0n) is 14.4. The molecular weight excluding hydrogens is 349 g/mol. The molecule has 25 heavy (non-hydrogen) atoms. The maximum absolute atomic E-state index is 13.8. The van der Waals surface area contributed by atoms with Gasteiger partial charge in [0.1, 0.15) is 0 Å². The third-order valence-corrected chi connectivity index (χ3v) is 3.94. The average Bonchev–Trinajstić information content (AvgIpc) is 2.60. The van der Waals surface area contributed by atoms with Crippen molar-refractivity contribution in [3.8, 4) is 17.2 Å². The van der Waals surface area contributed by atoms with E-state index in [4.69, 9.17) is 25.8 Å². The highest BCUT2D eigenvalue weighted by molar-refractivity contribution is 6.32. The summed E-state index contributed by atoms with van der Waals surface area (Å²) < 4.78 is 29.0. The van der Waals surface area contributed by atoms with Gasteiger partial charge in [0.25, 0.3) is 5.91 Å². The summed E-state index contributed by atoms with van der Waals surface area (Å²) in [6, 6.07) is 7.63. The number of halogens is 2. The fourth-order valence-electron chi connectivity index (χ4n) is 2.42. The molecule has 7 heteroatoms. The van der Waals surface area contributed by atoms with Crippen LogP contribution in [0.5, 0.6) is 17.2 Å². The summed E-state index contributed by atoms with van der Waals surface area (Å²) in [7, 11) is 5.95. The third kappa shape index (κ3) is 4.14. The highest BCUT2D eigenvalue weighted by Gasteiger charge is 2.18. The van der Waals surface area contributed by atoms with E-state index in [1.54, 1.807) is 19.2 Å². The van der Waals surface area contributed by atoms with Crippen molar-refractivity contribution in [3.05, 3.63) is 52.3 Å². The number of carbonyl (C=O) groups is 1. The monoisotopic (exact) mass is 367 g/mol. The molecule has 0 aliphatic heterocycles. The van der Waals surface area contributed by atoms with E-state index >= 15 is 0 Å². The van der Waals surface area contributed by atoms with E-state index in [0.717, 1.165) is 0 Å². The zero-order valence-corrected chi connectivity index (χ0v) is 15.2. The number of rotatable bonds is 6. The Labute approximate surface area is 150 Å². The largest absolute Gasteiger partial charge is 0.494 e. The highest BCUT2D eigenvalue weighted by Crippen LogP contribution is 2.36. The summed E-state index contributed by atoms with van der Waals surface area (Å²) >= 11 is 6.14. The normalized spacial score (nSPS) is 10.3. The molecule has 2 aromatic carbocycles. The second-order valence-electron chi connectivity index (χ2n) is 5.32. The first kappa shape index (κ1) is 18.9. The number of methoxy groups -OCH3 is 3. The van der Waals surface area contributed by atoms with Gasteiger partial charge in [0, 0.05) is 19.2 Å². The minimum Gasteiger partial charge on any atom is -0.494 e. The molecule has 1 amide bonds. The molecule has 2 rings (SSSR count). The Balaban J connectivity index is 2.22. The van der Waals surface area contributed by atoms with E-state index in [0.29, 0.717) is 22.6 Å². The summed E-state index contributed by atoms with van der Waals surface area (Å²) in [6.07, 6.45) is 0. The Kier molecular flexibility index (Phi) is 6.09. The van der Waals surface area contributed by atoms with Crippen LogP contribution < -0.4 is 14.2 Å².